The molecule has 51 heavy (non-hydrogen) atoms. The number of aromatic nitrogens is 2. The van der Waals surface area contributed by atoms with E-state index in [0.717, 1.165) is 28.0 Å². The lowest BCUT2D eigenvalue weighted by Gasteiger charge is -2.08. The maximum atomic E-state index is 13.0. The SMILES string of the molecule is O=C1C=CC=C/C1=C/Nc1ccc(C(=O)Nc2ccc(-c3nc4ccc(NC(=O)c5ccc(N/C=C6\C=CC=CC6=O)cc5)cc4[nH]3)cc2)cc1. The lowest BCUT2D eigenvalue weighted by Crippen LogP contribution is -2.11. The smallest absolute Gasteiger partial charge is 0.255 e. The Hall–Kier alpha value is -7.33. The molecule has 5 aromatic rings. The van der Waals surface area contributed by atoms with E-state index in [1.54, 1.807) is 116 Å². The zero-order valence-electron chi connectivity index (χ0n) is 27.0. The van der Waals surface area contributed by atoms with Gasteiger partial charge in [-0.05, 0) is 115 Å². The predicted molar refractivity (Wildman–Crippen MR) is 200 cm³/mol. The third-order valence-electron chi connectivity index (χ3n) is 8.08. The summed E-state index contributed by atoms with van der Waals surface area (Å²) in [6.45, 7) is 0. The van der Waals surface area contributed by atoms with E-state index in [0.29, 0.717) is 39.5 Å². The molecule has 0 unspecified atom stereocenters. The minimum Gasteiger partial charge on any atom is -0.361 e. The summed E-state index contributed by atoms with van der Waals surface area (Å²) in [5.74, 6) is -0.0209. The Morgan fingerprint density at radius 1 is 0.549 bits per heavy atom. The molecule has 10 nitrogen and oxygen atoms in total. The first-order valence-corrected chi connectivity index (χ1v) is 16.0. The molecule has 0 saturated carbocycles. The van der Waals surface area contributed by atoms with E-state index in [4.69, 9.17) is 4.98 Å². The summed E-state index contributed by atoms with van der Waals surface area (Å²) in [4.78, 5) is 57.6. The van der Waals surface area contributed by atoms with Gasteiger partial charge in [0.2, 0.25) is 0 Å². The topological polar surface area (TPSA) is 145 Å². The number of benzene rings is 4. The van der Waals surface area contributed by atoms with Gasteiger partial charge in [0.1, 0.15) is 5.82 Å². The van der Waals surface area contributed by atoms with Gasteiger partial charge < -0.3 is 26.3 Å². The van der Waals surface area contributed by atoms with E-state index in [-0.39, 0.29) is 23.4 Å². The highest BCUT2D eigenvalue weighted by molar-refractivity contribution is 6.08. The molecule has 0 radical (unpaired) electrons. The third-order valence-corrected chi connectivity index (χ3v) is 8.08. The Labute approximate surface area is 292 Å². The number of H-pyrrole nitrogens is 1. The molecule has 248 valence electrons. The van der Waals surface area contributed by atoms with Gasteiger partial charge in [0.25, 0.3) is 11.8 Å². The lowest BCUT2D eigenvalue weighted by molar-refractivity contribution is -0.111. The van der Waals surface area contributed by atoms with Crippen molar-refractivity contribution < 1.29 is 19.2 Å². The highest BCUT2D eigenvalue weighted by atomic mass is 16.2. The fourth-order valence-electron chi connectivity index (χ4n) is 5.30. The van der Waals surface area contributed by atoms with Crippen molar-refractivity contribution in [1.29, 1.82) is 0 Å². The van der Waals surface area contributed by atoms with Gasteiger partial charge in [0.05, 0.1) is 11.0 Å². The van der Waals surface area contributed by atoms with E-state index in [1.807, 2.05) is 24.3 Å². The number of nitrogens with one attached hydrogen (secondary N) is 5. The Morgan fingerprint density at radius 3 is 1.55 bits per heavy atom. The first-order valence-electron chi connectivity index (χ1n) is 16.0. The maximum Gasteiger partial charge on any atom is 0.255 e. The molecule has 1 aromatic heterocycles. The quantitative estimate of drug-likeness (QED) is 0.101. The second kappa shape index (κ2) is 14.4. The highest BCUT2D eigenvalue weighted by Gasteiger charge is 2.12. The number of hydrogen-bond donors (Lipinski definition) is 5. The number of imidazole rings is 1. The van der Waals surface area contributed by atoms with Gasteiger partial charge in [0, 0.05) is 63.0 Å². The number of fused-ring (bicyclic) bond motifs is 1. The molecular weight excluding hydrogens is 640 g/mol. The fourth-order valence-corrected chi connectivity index (χ4v) is 5.30. The van der Waals surface area contributed by atoms with Crippen molar-refractivity contribution in [1.82, 2.24) is 9.97 Å². The van der Waals surface area contributed by atoms with Crippen molar-refractivity contribution in [3.8, 4) is 11.4 Å². The minimum atomic E-state index is -0.264. The van der Waals surface area contributed by atoms with Crippen LogP contribution in [-0.4, -0.2) is 33.3 Å². The molecule has 0 saturated heterocycles. The number of carbonyl (C=O) groups excluding carboxylic acids is 4. The number of allylic oxidation sites excluding steroid dienone is 10. The van der Waals surface area contributed by atoms with E-state index < -0.39 is 0 Å². The monoisotopic (exact) mass is 670 g/mol. The zero-order valence-corrected chi connectivity index (χ0v) is 27.0. The second-order valence-corrected chi connectivity index (χ2v) is 11.6. The average molecular weight is 671 g/mol. The third kappa shape index (κ3) is 7.71. The molecule has 0 fully saturated rings. The molecule has 7 rings (SSSR count). The summed E-state index contributed by atoms with van der Waals surface area (Å²) in [7, 11) is 0. The number of hydrogen-bond acceptors (Lipinski definition) is 7. The van der Waals surface area contributed by atoms with Gasteiger partial charge in [-0.1, -0.05) is 24.3 Å². The molecule has 2 aliphatic rings. The Kier molecular flexibility index (Phi) is 9.12. The van der Waals surface area contributed by atoms with Gasteiger partial charge >= 0.3 is 0 Å². The summed E-state index contributed by atoms with van der Waals surface area (Å²) < 4.78 is 0. The second-order valence-electron chi connectivity index (χ2n) is 11.6. The van der Waals surface area contributed by atoms with Crippen LogP contribution in [0.4, 0.5) is 22.7 Å². The van der Waals surface area contributed by atoms with Gasteiger partial charge in [-0.15, -0.1) is 0 Å². The van der Waals surface area contributed by atoms with Crippen LogP contribution in [0.25, 0.3) is 22.4 Å². The highest BCUT2D eigenvalue weighted by Crippen LogP contribution is 2.25. The van der Waals surface area contributed by atoms with Gasteiger partial charge in [-0.25, -0.2) is 4.98 Å². The van der Waals surface area contributed by atoms with Crippen LogP contribution in [0.2, 0.25) is 0 Å². The molecule has 5 N–H and O–H groups in total. The Bertz CT molecular complexity index is 2360. The van der Waals surface area contributed by atoms with Crippen LogP contribution >= 0.6 is 0 Å². The summed E-state index contributed by atoms with van der Waals surface area (Å²) >= 11 is 0. The van der Waals surface area contributed by atoms with Crippen LogP contribution < -0.4 is 21.3 Å². The number of carbonyl (C=O) groups is 4. The largest absolute Gasteiger partial charge is 0.361 e. The Morgan fingerprint density at radius 2 is 1.02 bits per heavy atom. The summed E-state index contributed by atoms with van der Waals surface area (Å²) in [6.07, 6.45) is 16.7. The van der Waals surface area contributed by atoms with Gasteiger partial charge in [0.15, 0.2) is 11.6 Å². The number of amides is 2. The fraction of sp³-hybridized carbons (Fsp3) is 0. The normalized spacial score (nSPS) is 15.1. The van der Waals surface area contributed by atoms with Crippen LogP contribution in [0, 0.1) is 0 Å². The molecule has 0 aliphatic heterocycles. The van der Waals surface area contributed by atoms with Crippen LogP contribution in [0.15, 0.2) is 163 Å². The zero-order chi connectivity index (χ0) is 35.2. The Balaban J connectivity index is 0.943. The van der Waals surface area contributed by atoms with Crippen molar-refractivity contribution in [2.75, 3.05) is 21.3 Å². The molecule has 10 heteroatoms. The lowest BCUT2D eigenvalue weighted by atomic mass is 10.1. The van der Waals surface area contributed by atoms with Crippen molar-refractivity contribution in [3.05, 3.63) is 174 Å². The first-order chi connectivity index (χ1) is 24.9. The number of aromatic amines is 1. The molecule has 0 spiro atoms. The van der Waals surface area contributed by atoms with Crippen molar-refractivity contribution >= 4 is 57.2 Å². The molecule has 0 bridgehead atoms. The number of ketones is 2. The van der Waals surface area contributed by atoms with Crippen molar-refractivity contribution in [2.24, 2.45) is 0 Å². The summed E-state index contributed by atoms with van der Waals surface area (Å²) in [5, 5.41) is 12.0. The summed E-state index contributed by atoms with van der Waals surface area (Å²) in [6, 6.07) is 26.7. The van der Waals surface area contributed by atoms with E-state index in [1.165, 1.54) is 12.2 Å². The molecule has 1 heterocycles. The van der Waals surface area contributed by atoms with Crippen LogP contribution in [0.5, 0.6) is 0 Å². The maximum absolute atomic E-state index is 13.0. The molecule has 2 aliphatic carbocycles. The standard InChI is InChI=1S/C41H30N6O4/c48-37-7-3-1-5-29(37)24-42-31-15-11-27(12-16-31)40(50)44-33-19-9-26(10-20-33)39-46-35-22-21-34(23-36(35)47-39)45-41(51)28-13-17-32(18-14-28)43-25-30-6-2-4-8-38(30)49/h1-25,42-43H,(H,44,50)(H,45,51)(H,46,47)/b29-24-,30-25+. The van der Waals surface area contributed by atoms with Crippen LogP contribution in [-0.2, 0) is 9.59 Å². The van der Waals surface area contributed by atoms with Crippen LogP contribution in [0.1, 0.15) is 20.7 Å². The van der Waals surface area contributed by atoms with Gasteiger partial charge in [-0.2, -0.15) is 0 Å². The van der Waals surface area contributed by atoms with E-state index in [2.05, 4.69) is 26.3 Å². The van der Waals surface area contributed by atoms with E-state index >= 15 is 0 Å². The van der Waals surface area contributed by atoms with Crippen molar-refractivity contribution in [2.45, 2.75) is 0 Å². The van der Waals surface area contributed by atoms with Gasteiger partial charge in [-0.3, -0.25) is 19.2 Å². The number of anilines is 4. The van der Waals surface area contributed by atoms with Crippen LogP contribution in [0.3, 0.4) is 0 Å². The average Bonchev–Trinajstić information content (AvgIpc) is 3.58. The first kappa shape index (κ1) is 32.2. The molecule has 4 aromatic carbocycles. The molecule has 0 atom stereocenters. The van der Waals surface area contributed by atoms with Crippen molar-refractivity contribution in [3.63, 3.8) is 0 Å². The van der Waals surface area contributed by atoms with E-state index in [9.17, 15) is 19.2 Å². The number of rotatable bonds is 9. The predicted octanol–water partition coefficient (Wildman–Crippen LogP) is 7.72. The number of nitrogens with zero attached hydrogens (tertiary/aromatic N) is 1. The molecule has 2 amide bonds. The molecular formula is C41H30N6O4. The summed E-state index contributed by atoms with van der Waals surface area (Å²) in [5.41, 5.74) is 7.11. The minimum absolute atomic E-state index is 0.0725.